The highest BCUT2D eigenvalue weighted by molar-refractivity contribution is 7.20. The predicted octanol–water partition coefficient (Wildman–Crippen LogP) is 4.63. The number of carbonyl (C=O) groups is 4. The van der Waals surface area contributed by atoms with Gasteiger partial charge in [0.1, 0.15) is 18.0 Å². The van der Waals surface area contributed by atoms with Gasteiger partial charge in [-0.25, -0.2) is 8.78 Å². The van der Waals surface area contributed by atoms with Crippen molar-refractivity contribution in [1.82, 2.24) is 4.90 Å². The van der Waals surface area contributed by atoms with Crippen LogP contribution in [0.15, 0.2) is 35.2 Å². The summed E-state index contributed by atoms with van der Waals surface area (Å²) in [6.45, 7) is 3.02. The number of ether oxygens (including phenoxy) is 4. The van der Waals surface area contributed by atoms with Crippen LogP contribution in [0.5, 0.6) is 11.5 Å². The second-order valence-electron chi connectivity index (χ2n) is 11.0. The Bertz CT molecular complexity index is 1550. The fourth-order valence-corrected chi connectivity index (χ4v) is 6.11. The number of hydrogen-bond donors (Lipinski definition) is 2. The van der Waals surface area contributed by atoms with Crippen molar-refractivity contribution in [2.24, 2.45) is 11.8 Å². The molecule has 0 bridgehead atoms. The first-order valence-corrected chi connectivity index (χ1v) is 15.1. The first-order chi connectivity index (χ1) is 21.4. The molecule has 0 saturated carbocycles. The van der Waals surface area contributed by atoms with Crippen LogP contribution in [-0.4, -0.2) is 91.5 Å². The van der Waals surface area contributed by atoms with E-state index in [1.165, 1.54) is 39.0 Å². The summed E-state index contributed by atoms with van der Waals surface area (Å²) in [7, 11) is 2.76. The number of carboxylic acids is 2. The summed E-state index contributed by atoms with van der Waals surface area (Å²) >= 11 is 1.03. The zero-order chi connectivity index (χ0) is 33.0. The van der Waals surface area contributed by atoms with Gasteiger partial charge in [-0.05, 0) is 17.7 Å². The molecule has 14 heteroatoms. The van der Waals surface area contributed by atoms with Crippen molar-refractivity contribution in [3.8, 4) is 11.5 Å². The molecule has 1 aromatic heterocycles. The van der Waals surface area contributed by atoms with Crippen molar-refractivity contribution in [2.75, 3.05) is 40.5 Å². The van der Waals surface area contributed by atoms with Gasteiger partial charge in [0.2, 0.25) is 5.91 Å². The summed E-state index contributed by atoms with van der Waals surface area (Å²) in [5, 5.41) is 18.3. The molecule has 2 N–H and O–H groups in total. The fourth-order valence-electron chi connectivity index (χ4n) is 5.08. The summed E-state index contributed by atoms with van der Waals surface area (Å²) < 4.78 is 53.7. The minimum atomic E-state index is -1.10. The molecule has 0 radical (unpaired) electrons. The molecule has 0 spiro atoms. The molecule has 1 saturated heterocycles. The normalized spacial score (nSPS) is 19.2. The van der Waals surface area contributed by atoms with Crippen LogP contribution >= 0.6 is 11.3 Å². The molecule has 1 amide bonds. The van der Waals surface area contributed by atoms with Gasteiger partial charge in [-0.1, -0.05) is 13.8 Å². The van der Waals surface area contributed by atoms with Gasteiger partial charge in [0.15, 0.2) is 23.1 Å². The Hall–Kier alpha value is -3.88. The Morgan fingerprint density at radius 1 is 1.02 bits per heavy atom. The number of nitrogens with zero attached hydrogens (tertiary/aromatic N) is 1. The summed E-state index contributed by atoms with van der Waals surface area (Å²) in [6.07, 6.45) is -0.301. The van der Waals surface area contributed by atoms with E-state index in [0.29, 0.717) is 15.8 Å². The molecule has 2 aliphatic rings. The number of Topliss-reactive ketones (excluding diaryl/α,β-unsaturated/α-hetero) is 1. The number of benzene rings is 1. The van der Waals surface area contributed by atoms with Crippen LogP contribution in [0, 0.1) is 17.7 Å². The fraction of sp³-hybridized carbons (Fsp3) is 0.484. The Morgan fingerprint density at radius 3 is 2.36 bits per heavy atom. The van der Waals surface area contributed by atoms with Crippen molar-refractivity contribution < 1.29 is 57.1 Å². The van der Waals surface area contributed by atoms with E-state index in [1.54, 1.807) is 12.1 Å². The number of ketones is 1. The van der Waals surface area contributed by atoms with E-state index in [0.717, 1.165) is 11.3 Å². The maximum Gasteiger partial charge on any atom is 0.306 e. The number of halogens is 2. The molecule has 1 aliphatic heterocycles. The zero-order valence-electron chi connectivity index (χ0n) is 25.3. The van der Waals surface area contributed by atoms with Gasteiger partial charge in [-0.2, -0.15) is 0 Å². The van der Waals surface area contributed by atoms with E-state index >= 15 is 8.78 Å². The number of amides is 1. The molecule has 4 rings (SSSR count). The van der Waals surface area contributed by atoms with Gasteiger partial charge in [0, 0.05) is 61.2 Å². The monoisotopic (exact) mass is 651 g/mol. The summed E-state index contributed by atoms with van der Waals surface area (Å²) in [6, 6.07) is 2.92. The molecular weight excluding hydrogens is 616 g/mol. The minimum absolute atomic E-state index is 0.00171. The molecule has 4 atom stereocenters. The Morgan fingerprint density at radius 2 is 1.71 bits per heavy atom. The third-order valence-corrected chi connectivity index (χ3v) is 8.87. The van der Waals surface area contributed by atoms with E-state index in [9.17, 15) is 19.2 Å². The van der Waals surface area contributed by atoms with Crippen molar-refractivity contribution in [3.05, 3.63) is 45.9 Å². The van der Waals surface area contributed by atoms with Gasteiger partial charge in [0.25, 0.3) is 0 Å². The number of thiophene rings is 1. The Kier molecular flexibility index (Phi) is 10.9. The van der Waals surface area contributed by atoms with Crippen LogP contribution in [0.1, 0.15) is 42.8 Å². The predicted molar refractivity (Wildman–Crippen MR) is 159 cm³/mol. The number of carbonyl (C=O) groups excluding carboxylic acids is 2. The summed E-state index contributed by atoms with van der Waals surface area (Å²) in [5.41, 5.74) is 0.901. The van der Waals surface area contributed by atoms with Crippen LogP contribution < -0.4 is 9.47 Å². The summed E-state index contributed by atoms with van der Waals surface area (Å²) in [5.74, 6) is -6.07. The van der Waals surface area contributed by atoms with E-state index < -0.39 is 53.4 Å². The van der Waals surface area contributed by atoms with Crippen molar-refractivity contribution in [3.63, 3.8) is 0 Å². The molecule has 1 aliphatic carbocycles. The average molecular weight is 652 g/mol. The van der Waals surface area contributed by atoms with Crippen LogP contribution in [0.3, 0.4) is 0 Å². The van der Waals surface area contributed by atoms with Crippen LogP contribution in [-0.2, 0) is 23.9 Å². The number of fused-ring (bicyclic) bond motifs is 2. The van der Waals surface area contributed by atoms with Crippen molar-refractivity contribution in [2.45, 2.75) is 45.3 Å². The highest BCUT2D eigenvalue weighted by Gasteiger charge is 2.39. The number of carboxylic acid groups (broad SMARTS) is 2. The molecule has 2 unspecified atom stereocenters. The Balaban J connectivity index is 1.37. The topological polar surface area (TPSA) is 149 Å². The van der Waals surface area contributed by atoms with Crippen LogP contribution in [0.2, 0.25) is 0 Å². The lowest BCUT2D eigenvalue weighted by Crippen LogP contribution is -2.34. The van der Waals surface area contributed by atoms with Gasteiger partial charge in [-0.3, -0.25) is 19.2 Å². The number of hydrogen-bond acceptors (Lipinski definition) is 9. The van der Waals surface area contributed by atoms with Gasteiger partial charge in [0.05, 0.1) is 37.0 Å². The molecule has 11 nitrogen and oxygen atoms in total. The largest absolute Gasteiger partial charge is 0.493 e. The zero-order valence-corrected chi connectivity index (χ0v) is 26.1. The van der Waals surface area contributed by atoms with E-state index in [1.807, 2.05) is 0 Å². The molecule has 45 heavy (non-hydrogen) atoms. The minimum Gasteiger partial charge on any atom is -0.493 e. The first kappa shape index (κ1) is 34.0. The number of rotatable bonds is 15. The van der Waals surface area contributed by atoms with E-state index in [2.05, 4.69) is 0 Å². The maximum absolute atomic E-state index is 15.6. The highest BCUT2D eigenvalue weighted by atomic mass is 32.1. The third-order valence-electron chi connectivity index (χ3n) is 7.75. The number of methoxy groups -OCH3 is 2. The van der Waals surface area contributed by atoms with Crippen molar-refractivity contribution >= 4 is 45.1 Å². The molecule has 1 aromatic carbocycles. The van der Waals surface area contributed by atoms with Crippen LogP contribution in [0.25, 0.3) is 10.1 Å². The smallest absolute Gasteiger partial charge is 0.306 e. The molecular formula is C31H35F2NO10S. The molecule has 2 aromatic rings. The van der Waals surface area contributed by atoms with E-state index in [4.69, 9.17) is 29.2 Å². The SMILES string of the molecule is COc1cc2sc(C(=O)C[C@H](C)C(=O)O)cc2c(F)c1OCCCOC1C(F)=C2CN(C(=O)C[C@H](C)C(=O)O)CC2=CC1OC. The Labute approximate surface area is 262 Å². The molecule has 244 valence electrons. The molecule has 2 heterocycles. The van der Waals surface area contributed by atoms with Crippen molar-refractivity contribution in [1.29, 1.82) is 0 Å². The first-order valence-electron chi connectivity index (χ1n) is 14.3. The number of likely N-dealkylation sites (tertiary alicyclic amines) is 1. The molecule has 1 fully saturated rings. The standard InChI is InChI=1S/C31H35F2NO10S/c1-15(30(37)38)8-20(35)24-11-18-23(45-24)12-22(42-4)29(26(18)32)44-7-5-6-43-28-21(41-3)10-17-13-34(14-19(17)27(28)33)25(36)9-16(2)31(39)40/h10-12,15-16,21,28H,5-9,13-14H2,1-4H3,(H,37,38)(H,39,40)/t15-,16-,21?,28?/m0/s1. The van der Waals surface area contributed by atoms with Gasteiger partial charge < -0.3 is 34.1 Å². The summed E-state index contributed by atoms with van der Waals surface area (Å²) in [4.78, 5) is 49.0. The highest BCUT2D eigenvalue weighted by Crippen LogP contribution is 2.41. The quantitative estimate of drug-likeness (QED) is 0.206. The second kappa shape index (κ2) is 14.5. The average Bonchev–Trinajstić information content (AvgIpc) is 3.63. The second-order valence-corrected chi connectivity index (χ2v) is 12.1. The van der Waals surface area contributed by atoms with E-state index in [-0.39, 0.29) is 73.2 Å². The van der Waals surface area contributed by atoms with Gasteiger partial charge in [-0.15, -0.1) is 11.3 Å². The lowest BCUT2D eigenvalue weighted by Gasteiger charge is -2.28. The lowest BCUT2D eigenvalue weighted by atomic mass is 9.95. The maximum atomic E-state index is 15.6. The lowest BCUT2D eigenvalue weighted by molar-refractivity contribution is -0.145. The number of aliphatic carboxylic acids is 2. The van der Waals surface area contributed by atoms with Gasteiger partial charge >= 0.3 is 11.9 Å². The van der Waals surface area contributed by atoms with Crippen LogP contribution in [0.4, 0.5) is 8.78 Å². The third kappa shape index (κ3) is 7.51.